The molecule has 0 saturated heterocycles. The van der Waals surface area contributed by atoms with Crippen LogP contribution in [0.15, 0.2) is 60.7 Å². The van der Waals surface area contributed by atoms with Crippen LogP contribution < -0.4 is 10.1 Å². The monoisotopic (exact) mass is 271 g/mol. The van der Waals surface area contributed by atoms with Crippen LogP contribution in [0.5, 0.6) is 5.75 Å². The molecular formula is C17H21NO2. The van der Waals surface area contributed by atoms with E-state index >= 15 is 0 Å². The zero-order valence-corrected chi connectivity index (χ0v) is 11.7. The van der Waals surface area contributed by atoms with Crippen molar-refractivity contribution >= 4 is 0 Å². The van der Waals surface area contributed by atoms with E-state index in [1.54, 1.807) is 0 Å². The molecule has 0 aliphatic heterocycles. The molecule has 2 rings (SSSR count). The average Bonchev–Trinajstić information content (AvgIpc) is 2.52. The highest BCUT2D eigenvalue weighted by Crippen LogP contribution is 2.11. The Morgan fingerprint density at radius 1 is 1.00 bits per heavy atom. The summed E-state index contributed by atoms with van der Waals surface area (Å²) in [5.74, 6) is 0.780. The molecule has 0 aromatic heterocycles. The van der Waals surface area contributed by atoms with Crippen molar-refractivity contribution in [2.75, 3.05) is 13.2 Å². The van der Waals surface area contributed by atoms with Crippen molar-refractivity contribution < 1.29 is 9.84 Å². The van der Waals surface area contributed by atoms with Crippen molar-refractivity contribution in [3.05, 3.63) is 66.2 Å². The Bertz CT molecular complexity index is 487. The maximum atomic E-state index is 9.92. The third-order valence-electron chi connectivity index (χ3n) is 3.14. The third-order valence-corrected chi connectivity index (χ3v) is 3.14. The smallest absolute Gasteiger partial charge is 0.119 e. The minimum atomic E-state index is -0.527. The van der Waals surface area contributed by atoms with Gasteiger partial charge in [0.15, 0.2) is 0 Å². The SMILES string of the molecule is C[C@@H](NC[C@H](O)COc1ccccc1)c1ccccc1. The van der Waals surface area contributed by atoms with E-state index in [9.17, 15) is 5.11 Å². The first kappa shape index (κ1) is 14.6. The topological polar surface area (TPSA) is 41.5 Å². The molecule has 0 bridgehead atoms. The molecule has 0 aliphatic carbocycles. The molecule has 0 spiro atoms. The Kier molecular flexibility index (Phi) is 5.59. The molecule has 0 fully saturated rings. The van der Waals surface area contributed by atoms with Crippen molar-refractivity contribution in [1.29, 1.82) is 0 Å². The van der Waals surface area contributed by atoms with Crippen LogP contribution in [0.3, 0.4) is 0 Å². The van der Waals surface area contributed by atoms with Crippen molar-refractivity contribution in [3.8, 4) is 5.75 Å². The van der Waals surface area contributed by atoms with Crippen molar-refractivity contribution in [2.24, 2.45) is 0 Å². The minimum Gasteiger partial charge on any atom is -0.491 e. The highest BCUT2D eigenvalue weighted by molar-refractivity contribution is 5.21. The summed E-state index contributed by atoms with van der Waals surface area (Å²) < 4.78 is 5.52. The second kappa shape index (κ2) is 7.68. The Morgan fingerprint density at radius 3 is 2.25 bits per heavy atom. The molecule has 0 heterocycles. The van der Waals surface area contributed by atoms with Gasteiger partial charge in [0.05, 0.1) is 0 Å². The van der Waals surface area contributed by atoms with Gasteiger partial charge in [-0.05, 0) is 24.6 Å². The molecule has 2 atom stereocenters. The standard InChI is InChI=1S/C17H21NO2/c1-14(15-8-4-2-5-9-15)18-12-16(19)13-20-17-10-6-3-7-11-17/h2-11,14,16,18-19H,12-13H2,1H3/t14-,16+/m1/s1. The van der Waals surface area contributed by atoms with Crippen LogP contribution in [0.25, 0.3) is 0 Å². The zero-order valence-electron chi connectivity index (χ0n) is 11.7. The fraction of sp³-hybridized carbons (Fsp3) is 0.294. The normalized spacial score (nSPS) is 13.7. The molecule has 0 radical (unpaired) electrons. The van der Waals surface area contributed by atoms with Gasteiger partial charge in [-0.3, -0.25) is 0 Å². The van der Waals surface area contributed by atoms with Crippen molar-refractivity contribution in [2.45, 2.75) is 19.1 Å². The maximum Gasteiger partial charge on any atom is 0.119 e. The Balaban J connectivity index is 1.71. The van der Waals surface area contributed by atoms with Crippen LogP contribution in [0.1, 0.15) is 18.5 Å². The summed E-state index contributed by atoms with van der Waals surface area (Å²) in [6, 6.07) is 19.9. The highest BCUT2D eigenvalue weighted by Gasteiger charge is 2.09. The number of ether oxygens (including phenoxy) is 1. The Hall–Kier alpha value is -1.84. The molecule has 3 nitrogen and oxygen atoms in total. The molecule has 2 aromatic carbocycles. The van der Waals surface area contributed by atoms with E-state index in [0.29, 0.717) is 13.2 Å². The van der Waals surface area contributed by atoms with Gasteiger partial charge in [0.1, 0.15) is 18.5 Å². The maximum absolute atomic E-state index is 9.92. The Morgan fingerprint density at radius 2 is 1.60 bits per heavy atom. The molecule has 2 aromatic rings. The second-order valence-electron chi connectivity index (χ2n) is 4.82. The van der Waals surface area contributed by atoms with Gasteiger partial charge in [0, 0.05) is 12.6 Å². The lowest BCUT2D eigenvalue weighted by atomic mass is 10.1. The first-order valence-corrected chi connectivity index (χ1v) is 6.90. The van der Waals surface area contributed by atoms with E-state index in [-0.39, 0.29) is 6.04 Å². The van der Waals surface area contributed by atoms with E-state index in [1.807, 2.05) is 48.5 Å². The van der Waals surface area contributed by atoms with E-state index in [2.05, 4.69) is 24.4 Å². The van der Waals surface area contributed by atoms with Gasteiger partial charge in [0.2, 0.25) is 0 Å². The summed E-state index contributed by atoms with van der Waals surface area (Å²) in [5.41, 5.74) is 1.21. The van der Waals surface area contributed by atoms with Gasteiger partial charge in [-0.15, -0.1) is 0 Å². The van der Waals surface area contributed by atoms with Crippen LogP contribution in [0.2, 0.25) is 0 Å². The number of rotatable bonds is 7. The lowest BCUT2D eigenvalue weighted by molar-refractivity contribution is 0.104. The molecule has 2 N–H and O–H groups in total. The third kappa shape index (κ3) is 4.68. The fourth-order valence-corrected chi connectivity index (χ4v) is 1.94. The molecule has 3 heteroatoms. The van der Waals surface area contributed by atoms with Crippen LogP contribution in [0.4, 0.5) is 0 Å². The summed E-state index contributed by atoms with van der Waals surface area (Å²) in [5, 5.41) is 13.2. The number of aliphatic hydroxyl groups is 1. The van der Waals surface area contributed by atoms with Gasteiger partial charge >= 0.3 is 0 Å². The number of hydrogen-bond acceptors (Lipinski definition) is 3. The average molecular weight is 271 g/mol. The number of benzene rings is 2. The summed E-state index contributed by atoms with van der Waals surface area (Å²) in [6.45, 7) is 2.88. The summed E-state index contributed by atoms with van der Waals surface area (Å²) in [4.78, 5) is 0. The van der Waals surface area contributed by atoms with Gasteiger partial charge in [0.25, 0.3) is 0 Å². The minimum absolute atomic E-state index is 0.211. The fourth-order valence-electron chi connectivity index (χ4n) is 1.94. The molecular weight excluding hydrogens is 250 g/mol. The summed E-state index contributed by atoms with van der Waals surface area (Å²) >= 11 is 0. The molecule has 0 amide bonds. The molecule has 0 aliphatic rings. The van der Waals surface area contributed by atoms with E-state index in [4.69, 9.17) is 4.74 Å². The van der Waals surface area contributed by atoms with E-state index < -0.39 is 6.10 Å². The van der Waals surface area contributed by atoms with Gasteiger partial charge < -0.3 is 15.2 Å². The van der Waals surface area contributed by atoms with Crippen molar-refractivity contribution in [1.82, 2.24) is 5.32 Å². The largest absolute Gasteiger partial charge is 0.491 e. The van der Waals surface area contributed by atoms with Crippen LogP contribution >= 0.6 is 0 Å². The van der Waals surface area contributed by atoms with Crippen LogP contribution in [0, 0.1) is 0 Å². The summed E-state index contributed by atoms with van der Waals surface area (Å²) in [6.07, 6.45) is -0.527. The lowest BCUT2D eigenvalue weighted by Crippen LogP contribution is -2.33. The summed E-state index contributed by atoms with van der Waals surface area (Å²) in [7, 11) is 0. The van der Waals surface area contributed by atoms with Gasteiger partial charge in [-0.2, -0.15) is 0 Å². The molecule has 20 heavy (non-hydrogen) atoms. The zero-order chi connectivity index (χ0) is 14.2. The van der Waals surface area contributed by atoms with E-state index in [1.165, 1.54) is 5.56 Å². The van der Waals surface area contributed by atoms with Crippen molar-refractivity contribution in [3.63, 3.8) is 0 Å². The Labute approximate surface area is 120 Å². The molecule has 0 saturated carbocycles. The molecule has 0 unspecified atom stereocenters. The number of aliphatic hydroxyl groups excluding tert-OH is 1. The highest BCUT2D eigenvalue weighted by atomic mass is 16.5. The second-order valence-corrected chi connectivity index (χ2v) is 4.82. The molecule has 106 valence electrons. The first-order valence-electron chi connectivity index (χ1n) is 6.90. The quantitative estimate of drug-likeness (QED) is 0.813. The number of para-hydroxylation sites is 1. The van der Waals surface area contributed by atoms with Gasteiger partial charge in [-0.25, -0.2) is 0 Å². The lowest BCUT2D eigenvalue weighted by Gasteiger charge is -2.18. The van der Waals surface area contributed by atoms with E-state index in [0.717, 1.165) is 5.75 Å². The van der Waals surface area contributed by atoms with Gasteiger partial charge in [-0.1, -0.05) is 48.5 Å². The van der Waals surface area contributed by atoms with Crippen LogP contribution in [-0.2, 0) is 0 Å². The first-order chi connectivity index (χ1) is 9.75. The number of hydrogen-bond donors (Lipinski definition) is 2. The predicted octanol–water partition coefficient (Wildman–Crippen LogP) is 2.78. The predicted molar refractivity (Wildman–Crippen MR) is 80.8 cm³/mol. The van der Waals surface area contributed by atoms with Crippen LogP contribution in [-0.4, -0.2) is 24.4 Å². The number of nitrogens with one attached hydrogen (secondary N) is 1.